The summed E-state index contributed by atoms with van der Waals surface area (Å²) in [5.74, 6) is 2.22. The van der Waals surface area contributed by atoms with E-state index in [0.717, 1.165) is 73.1 Å². The molecule has 2 aliphatic carbocycles. The summed E-state index contributed by atoms with van der Waals surface area (Å²) < 4.78 is 7.76. The molecule has 0 bridgehead atoms. The minimum Gasteiger partial charge on any atom is -0.376 e. The number of hydrogen-bond donors (Lipinski definition) is 0. The number of carbonyl (C=O) groups excluding carboxylic acids is 1. The van der Waals surface area contributed by atoms with Gasteiger partial charge in [-0.05, 0) is 62.3 Å². The van der Waals surface area contributed by atoms with Crippen LogP contribution in [0, 0.1) is 5.92 Å². The van der Waals surface area contributed by atoms with E-state index in [1.54, 1.807) is 6.33 Å². The van der Waals surface area contributed by atoms with Gasteiger partial charge in [0.05, 0.1) is 30.4 Å². The summed E-state index contributed by atoms with van der Waals surface area (Å²) in [5.41, 5.74) is 6.14. The summed E-state index contributed by atoms with van der Waals surface area (Å²) >= 11 is 0. The Labute approximate surface area is 224 Å². The van der Waals surface area contributed by atoms with Gasteiger partial charge < -0.3 is 14.2 Å². The number of aromatic nitrogens is 4. The lowest BCUT2D eigenvalue weighted by molar-refractivity contribution is -0.0216. The van der Waals surface area contributed by atoms with Gasteiger partial charge in [0, 0.05) is 55.1 Å². The molecule has 198 valence electrons. The fourth-order valence-electron chi connectivity index (χ4n) is 6.99. The lowest BCUT2D eigenvalue weighted by Gasteiger charge is -2.46. The Balaban J connectivity index is 1.21. The summed E-state index contributed by atoms with van der Waals surface area (Å²) in [6.07, 6.45) is 6.42. The monoisotopic (exact) mass is 512 g/mol. The fourth-order valence-corrected chi connectivity index (χ4v) is 6.99. The maximum Gasteiger partial charge on any atom is 0.259 e. The van der Waals surface area contributed by atoms with Crippen LogP contribution in [0.25, 0.3) is 0 Å². The Morgan fingerprint density at radius 3 is 2.71 bits per heavy atom. The number of aryl methyl sites for hydroxylation is 1. The predicted molar refractivity (Wildman–Crippen MR) is 144 cm³/mol. The van der Waals surface area contributed by atoms with Gasteiger partial charge in [-0.3, -0.25) is 14.7 Å². The van der Waals surface area contributed by atoms with Crippen molar-refractivity contribution in [1.82, 2.24) is 24.6 Å². The molecule has 8 heteroatoms. The molecule has 2 saturated carbocycles. The molecule has 38 heavy (non-hydrogen) atoms. The summed E-state index contributed by atoms with van der Waals surface area (Å²) in [5, 5.41) is 8.68. The van der Waals surface area contributed by atoms with Crippen molar-refractivity contribution < 1.29 is 9.53 Å². The Morgan fingerprint density at radius 2 is 2.00 bits per heavy atom. The van der Waals surface area contributed by atoms with E-state index >= 15 is 0 Å². The first-order valence-electron chi connectivity index (χ1n) is 14.0. The van der Waals surface area contributed by atoms with Gasteiger partial charge in [-0.2, -0.15) is 0 Å². The van der Waals surface area contributed by atoms with Crippen LogP contribution in [-0.2, 0) is 30.3 Å². The molecule has 2 aromatic heterocycles. The van der Waals surface area contributed by atoms with Crippen LogP contribution in [0.5, 0.6) is 0 Å². The van der Waals surface area contributed by atoms with Crippen LogP contribution in [-0.4, -0.2) is 56.4 Å². The molecule has 1 saturated heterocycles. The Kier molecular flexibility index (Phi) is 5.67. The average molecular weight is 513 g/mol. The highest BCUT2D eigenvalue weighted by atomic mass is 16.5. The normalized spacial score (nSPS) is 27.4. The topological polar surface area (TPSA) is 76.4 Å². The van der Waals surface area contributed by atoms with E-state index in [9.17, 15) is 4.79 Å². The number of rotatable bonds is 6. The number of amides is 1. The molecular formula is C30H36N6O2. The number of ether oxygens (including phenoxy) is 1. The van der Waals surface area contributed by atoms with E-state index in [0.29, 0.717) is 18.4 Å². The van der Waals surface area contributed by atoms with E-state index in [2.05, 4.69) is 59.3 Å². The Bertz CT molecular complexity index is 1390. The largest absolute Gasteiger partial charge is 0.376 e. The zero-order chi connectivity index (χ0) is 26.0. The van der Waals surface area contributed by atoms with E-state index in [1.165, 1.54) is 18.4 Å². The van der Waals surface area contributed by atoms with Crippen molar-refractivity contribution in [3.8, 4) is 0 Å². The van der Waals surface area contributed by atoms with Crippen LogP contribution in [0.15, 0.2) is 36.7 Å². The van der Waals surface area contributed by atoms with Crippen molar-refractivity contribution in [3.63, 3.8) is 0 Å². The van der Waals surface area contributed by atoms with Gasteiger partial charge in [0.1, 0.15) is 12.2 Å². The summed E-state index contributed by atoms with van der Waals surface area (Å²) in [6.45, 7) is 8.32. The molecule has 0 spiro atoms. The lowest BCUT2D eigenvalue weighted by Crippen LogP contribution is -2.43. The molecule has 2 aliphatic heterocycles. The Hall–Kier alpha value is -3.10. The molecule has 3 aromatic rings. The molecule has 8 nitrogen and oxygen atoms in total. The van der Waals surface area contributed by atoms with Crippen molar-refractivity contribution in [2.45, 2.75) is 70.1 Å². The molecule has 3 fully saturated rings. The summed E-state index contributed by atoms with van der Waals surface area (Å²) in [7, 11) is 2.02. The van der Waals surface area contributed by atoms with Crippen LogP contribution >= 0.6 is 0 Å². The minimum absolute atomic E-state index is 0.0905. The van der Waals surface area contributed by atoms with Crippen LogP contribution in [0.3, 0.4) is 0 Å². The van der Waals surface area contributed by atoms with E-state index in [4.69, 9.17) is 9.72 Å². The van der Waals surface area contributed by atoms with Crippen LogP contribution in [0.1, 0.15) is 84.1 Å². The maximum atomic E-state index is 13.9. The predicted octanol–water partition coefficient (Wildman–Crippen LogP) is 4.18. The molecule has 0 N–H and O–H groups in total. The zero-order valence-electron chi connectivity index (χ0n) is 22.6. The summed E-state index contributed by atoms with van der Waals surface area (Å²) in [6, 6.07) is 10.6. The van der Waals surface area contributed by atoms with Gasteiger partial charge in [-0.1, -0.05) is 19.1 Å². The highest BCUT2D eigenvalue weighted by molar-refractivity contribution is 6.10. The fraction of sp³-hybridized carbons (Fsp3) is 0.533. The number of benzene rings is 1. The van der Waals surface area contributed by atoms with Gasteiger partial charge in [0.25, 0.3) is 5.91 Å². The molecule has 1 atom stereocenters. The standard InChI is InChI=1S/C30H36N6O2/c1-19-13-30(14-19,29-33-31-18-34(29)3)22-5-4-6-24(11-22)36-17-26-25(28(36)37)12-23(32-27(26)21-7-8-21)16-35-9-10-38-20(2)15-35/h4-6,11-12,18-21H,7-10,13-17H2,1-3H3/t19-,20-,30+/m1/s1. The van der Waals surface area contributed by atoms with Crippen molar-refractivity contribution in [2.24, 2.45) is 13.0 Å². The molecule has 4 aliphatic rings. The zero-order valence-corrected chi connectivity index (χ0v) is 22.6. The molecule has 0 unspecified atom stereocenters. The Morgan fingerprint density at radius 1 is 1.16 bits per heavy atom. The smallest absolute Gasteiger partial charge is 0.259 e. The van der Waals surface area contributed by atoms with Crippen molar-refractivity contribution in [3.05, 3.63) is 70.6 Å². The first-order valence-corrected chi connectivity index (χ1v) is 14.0. The van der Waals surface area contributed by atoms with Crippen molar-refractivity contribution in [1.29, 1.82) is 0 Å². The third-order valence-corrected chi connectivity index (χ3v) is 8.92. The SMILES string of the molecule is C[C@@H]1CN(Cc2cc3c(c(C4CC4)n2)CN(c2cccc([C@]4(c5nncn5C)C[C@@H](C)C4)c2)C3=O)CCO1. The number of pyridine rings is 1. The highest BCUT2D eigenvalue weighted by Gasteiger charge is 2.48. The van der Waals surface area contributed by atoms with Crippen LogP contribution in [0.4, 0.5) is 5.69 Å². The first kappa shape index (κ1) is 24.0. The molecule has 4 heterocycles. The maximum absolute atomic E-state index is 13.9. The molecule has 1 amide bonds. The van der Waals surface area contributed by atoms with Gasteiger partial charge >= 0.3 is 0 Å². The lowest BCUT2D eigenvalue weighted by atomic mass is 9.58. The number of morpholine rings is 1. The number of fused-ring (bicyclic) bond motifs is 1. The van der Waals surface area contributed by atoms with Crippen LogP contribution in [0.2, 0.25) is 0 Å². The summed E-state index contributed by atoms with van der Waals surface area (Å²) in [4.78, 5) is 23.4. The number of hydrogen-bond acceptors (Lipinski definition) is 6. The average Bonchev–Trinajstić information content (AvgIpc) is 3.57. The van der Waals surface area contributed by atoms with E-state index in [-0.39, 0.29) is 17.4 Å². The van der Waals surface area contributed by atoms with E-state index < -0.39 is 0 Å². The van der Waals surface area contributed by atoms with E-state index in [1.807, 2.05) is 16.5 Å². The molecule has 7 rings (SSSR count). The van der Waals surface area contributed by atoms with Gasteiger partial charge in [0.2, 0.25) is 0 Å². The van der Waals surface area contributed by atoms with Crippen LogP contribution < -0.4 is 4.90 Å². The highest BCUT2D eigenvalue weighted by Crippen LogP contribution is 2.52. The number of anilines is 1. The molecule has 1 aromatic carbocycles. The third kappa shape index (κ3) is 3.96. The molecular weight excluding hydrogens is 476 g/mol. The number of carbonyl (C=O) groups is 1. The van der Waals surface area contributed by atoms with Gasteiger partial charge in [0.15, 0.2) is 0 Å². The first-order chi connectivity index (χ1) is 18.4. The second kappa shape index (κ2) is 8.99. The van der Waals surface area contributed by atoms with Gasteiger partial charge in [-0.15, -0.1) is 10.2 Å². The minimum atomic E-state index is -0.153. The van der Waals surface area contributed by atoms with Crippen molar-refractivity contribution in [2.75, 3.05) is 24.6 Å². The van der Waals surface area contributed by atoms with Crippen molar-refractivity contribution >= 4 is 11.6 Å². The molecule has 0 radical (unpaired) electrons. The third-order valence-electron chi connectivity index (χ3n) is 8.92. The second-order valence-corrected chi connectivity index (χ2v) is 12.0. The number of nitrogens with zero attached hydrogens (tertiary/aromatic N) is 6. The van der Waals surface area contributed by atoms with Gasteiger partial charge in [-0.25, -0.2) is 0 Å². The quantitative estimate of drug-likeness (QED) is 0.493. The second-order valence-electron chi connectivity index (χ2n) is 12.0.